The maximum Gasteiger partial charge on any atom is 0.160 e. The molecule has 7 rings (SSSR count). The van der Waals surface area contributed by atoms with Crippen molar-refractivity contribution in [3.63, 3.8) is 0 Å². The van der Waals surface area contributed by atoms with Crippen molar-refractivity contribution in [3.8, 4) is 39.9 Å². The molecule has 7 aromatic rings. The van der Waals surface area contributed by atoms with Crippen molar-refractivity contribution >= 4 is 21.8 Å². The zero-order valence-corrected chi connectivity index (χ0v) is 21.7. The molecule has 0 unspecified atom stereocenters. The largest absolute Gasteiger partial charge is 0.309 e. The highest BCUT2D eigenvalue weighted by atomic mass is 15.0. The van der Waals surface area contributed by atoms with E-state index < -0.39 is 0 Å². The molecule has 0 fully saturated rings. The van der Waals surface area contributed by atoms with Gasteiger partial charge in [-0.3, -0.25) is 9.97 Å². The summed E-state index contributed by atoms with van der Waals surface area (Å²) in [5, 5.41) is 2.54. The second kappa shape index (κ2) is 9.30. The van der Waals surface area contributed by atoms with Crippen molar-refractivity contribution in [2.75, 3.05) is 0 Å². The van der Waals surface area contributed by atoms with Crippen molar-refractivity contribution in [2.24, 2.45) is 0 Å². The number of hydrogen-bond acceptors (Lipinski definition) is 4. The van der Waals surface area contributed by atoms with Crippen LogP contribution < -0.4 is 0 Å². The van der Waals surface area contributed by atoms with E-state index in [2.05, 4.69) is 89.0 Å². The normalized spacial score (nSPS) is 11.3. The summed E-state index contributed by atoms with van der Waals surface area (Å²) in [5.41, 5.74) is 10.0. The Morgan fingerprint density at radius 3 is 1.54 bits per heavy atom. The minimum absolute atomic E-state index is 0.638. The molecule has 5 nitrogen and oxygen atoms in total. The molecule has 0 saturated heterocycles. The van der Waals surface area contributed by atoms with Gasteiger partial charge in [0.25, 0.3) is 0 Å². The summed E-state index contributed by atoms with van der Waals surface area (Å²) in [4.78, 5) is 18.9. The number of aromatic nitrogens is 5. The van der Waals surface area contributed by atoms with Crippen LogP contribution >= 0.6 is 0 Å². The summed E-state index contributed by atoms with van der Waals surface area (Å²) < 4.78 is 2.33. The Labute approximate surface area is 226 Å². The van der Waals surface area contributed by atoms with E-state index >= 15 is 0 Å². The first-order chi connectivity index (χ1) is 19.1. The van der Waals surface area contributed by atoms with E-state index in [1.165, 1.54) is 32.9 Å². The minimum Gasteiger partial charge on any atom is -0.309 e. The summed E-state index contributed by atoms with van der Waals surface area (Å²) in [6, 6.07) is 35.4. The van der Waals surface area contributed by atoms with Crippen LogP contribution in [-0.4, -0.2) is 24.5 Å². The Balaban J connectivity index is 1.37. The third-order valence-electron chi connectivity index (χ3n) is 7.04. The highest BCUT2D eigenvalue weighted by molar-refractivity contribution is 6.09. The molecule has 0 N–H and O–H groups in total. The van der Waals surface area contributed by atoms with Gasteiger partial charge in [0.15, 0.2) is 5.82 Å². The summed E-state index contributed by atoms with van der Waals surface area (Å²) in [6.07, 6.45) is 3.56. The van der Waals surface area contributed by atoms with Crippen LogP contribution in [-0.2, 0) is 0 Å². The predicted octanol–water partition coefficient (Wildman–Crippen LogP) is 7.98. The van der Waals surface area contributed by atoms with Crippen LogP contribution in [0, 0.1) is 13.8 Å². The monoisotopic (exact) mass is 503 g/mol. The number of hydrogen-bond donors (Lipinski definition) is 0. The molecule has 0 spiro atoms. The zero-order valence-electron chi connectivity index (χ0n) is 21.7. The van der Waals surface area contributed by atoms with Gasteiger partial charge in [0.1, 0.15) is 0 Å². The van der Waals surface area contributed by atoms with Crippen LogP contribution in [0.2, 0.25) is 0 Å². The standard InChI is InChI=1S/C34H25N5/c1-22-9-15-32-26(19-22)27-20-23(2)10-16-33(27)39(32)25-13-11-24(12-14-25)34-37-30(28-7-3-5-17-35-28)21-31(38-34)29-8-4-6-18-36-29/h3-21H,1-2H3. The fourth-order valence-corrected chi connectivity index (χ4v) is 5.16. The average Bonchev–Trinajstić information content (AvgIpc) is 3.30. The topological polar surface area (TPSA) is 56.5 Å². The molecule has 4 heterocycles. The van der Waals surface area contributed by atoms with Gasteiger partial charge < -0.3 is 4.57 Å². The van der Waals surface area contributed by atoms with Crippen molar-refractivity contribution in [1.82, 2.24) is 24.5 Å². The quantitative estimate of drug-likeness (QED) is 0.244. The molecule has 5 heteroatoms. The molecule has 0 aliphatic heterocycles. The maximum atomic E-state index is 4.90. The molecule has 186 valence electrons. The number of benzene rings is 3. The van der Waals surface area contributed by atoms with Gasteiger partial charge in [0.05, 0.1) is 33.8 Å². The molecule has 0 radical (unpaired) electrons. The maximum absolute atomic E-state index is 4.90. The number of fused-ring (bicyclic) bond motifs is 3. The van der Waals surface area contributed by atoms with Crippen molar-refractivity contribution in [2.45, 2.75) is 13.8 Å². The molecule has 0 atom stereocenters. The van der Waals surface area contributed by atoms with Gasteiger partial charge in [-0.2, -0.15) is 0 Å². The van der Waals surface area contributed by atoms with E-state index in [0.29, 0.717) is 5.82 Å². The smallest absolute Gasteiger partial charge is 0.160 e. The van der Waals surface area contributed by atoms with Gasteiger partial charge in [-0.05, 0) is 92.7 Å². The summed E-state index contributed by atoms with van der Waals surface area (Å²) in [5.74, 6) is 0.638. The van der Waals surface area contributed by atoms with E-state index in [9.17, 15) is 0 Å². The first-order valence-corrected chi connectivity index (χ1v) is 13.0. The Kier molecular flexibility index (Phi) is 5.48. The Bertz CT molecular complexity index is 1840. The Morgan fingerprint density at radius 2 is 1.05 bits per heavy atom. The first-order valence-electron chi connectivity index (χ1n) is 13.0. The molecular weight excluding hydrogens is 478 g/mol. The molecule has 0 amide bonds. The fourth-order valence-electron chi connectivity index (χ4n) is 5.16. The molecule has 4 aromatic heterocycles. The fraction of sp³-hybridized carbons (Fsp3) is 0.0588. The Hall–Kier alpha value is -5.16. The van der Waals surface area contributed by atoms with Crippen molar-refractivity contribution < 1.29 is 0 Å². The number of rotatable bonds is 4. The van der Waals surface area contributed by atoms with Crippen LogP contribution in [0.3, 0.4) is 0 Å². The van der Waals surface area contributed by atoms with E-state index in [-0.39, 0.29) is 0 Å². The third kappa shape index (κ3) is 4.14. The van der Waals surface area contributed by atoms with E-state index in [4.69, 9.17) is 9.97 Å². The van der Waals surface area contributed by atoms with E-state index in [1.54, 1.807) is 12.4 Å². The van der Waals surface area contributed by atoms with Gasteiger partial charge in [0, 0.05) is 34.4 Å². The van der Waals surface area contributed by atoms with Crippen molar-refractivity contribution in [1.29, 1.82) is 0 Å². The zero-order chi connectivity index (χ0) is 26.3. The summed E-state index contributed by atoms with van der Waals surface area (Å²) in [6.45, 7) is 4.29. The second-order valence-electron chi connectivity index (χ2n) is 9.82. The molecule has 0 aliphatic rings. The van der Waals surface area contributed by atoms with Gasteiger partial charge in [0.2, 0.25) is 0 Å². The van der Waals surface area contributed by atoms with Gasteiger partial charge >= 0.3 is 0 Å². The van der Waals surface area contributed by atoms with Crippen LogP contribution in [0.4, 0.5) is 0 Å². The molecule has 0 saturated carbocycles. The van der Waals surface area contributed by atoms with Crippen LogP contribution in [0.5, 0.6) is 0 Å². The van der Waals surface area contributed by atoms with Crippen LogP contribution in [0.25, 0.3) is 61.7 Å². The highest BCUT2D eigenvalue weighted by Gasteiger charge is 2.15. The van der Waals surface area contributed by atoms with Crippen molar-refractivity contribution in [3.05, 3.63) is 127 Å². The summed E-state index contributed by atoms with van der Waals surface area (Å²) >= 11 is 0. The van der Waals surface area contributed by atoms with Gasteiger partial charge in [-0.25, -0.2) is 9.97 Å². The molecule has 39 heavy (non-hydrogen) atoms. The van der Waals surface area contributed by atoms with E-state index in [0.717, 1.165) is 34.0 Å². The molecule has 0 bridgehead atoms. The van der Waals surface area contributed by atoms with Crippen LogP contribution in [0.1, 0.15) is 11.1 Å². The lowest BCUT2D eigenvalue weighted by Gasteiger charge is -2.11. The van der Waals surface area contributed by atoms with Gasteiger partial charge in [-0.1, -0.05) is 35.4 Å². The average molecular weight is 504 g/mol. The number of nitrogens with zero attached hydrogens (tertiary/aromatic N) is 5. The molecule has 3 aromatic carbocycles. The predicted molar refractivity (Wildman–Crippen MR) is 158 cm³/mol. The SMILES string of the molecule is Cc1ccc2c(c1)c1cc(C)ccc1n2-c1ccc(-c2nc(-c3ccccn3)cc(-c3ccccn3)n2)cc1. The highest BCUT2D eigenvalue weighted by Crippen LogP contribution is 2.34. The van der Waals surface area contributed by atoms with E-state index in [1.807, 2.05) is 42.5 Å². The van der Waals surface area contributed by atoms with Crippen LogP contribution in [0.15, 0.2) is 116 Å². The second-order valence-corrected chi connectivity index (χ2v) is 9.82. The molecular formula is C34H25N5. The lowest BCUT2D eigenvalue weighted by atomic mass is 10.1. The lowest BCUT2D eigenvalue weighted by Crippen LogP contribution is -1.98. The third-order valence-corrected chi connectivity index (χ3v) is 7.04. The van der Waals surface area contributed by atoms with Gasteiger partial charge in [-0.15, -0.1) is 0 Å². The molecule has 0 aliphatic carbocycles. The summed E-state index contributed by atoms with van der Waals surface area (Å²) in [7, 11) is 0. The minimum atomic E-state index is 0.638. The lowest BCUT2D eigenvalue weighted by molar-refractivity contribution is 1.14. The Morgan fingerprint density at radius 1 is 0.513 bits per heavy atom. The first kappa shape index (κ1) is 23.0. The number of pyridine rings is 2. The number of aryl methyl sites for hydroxylation is 2.